The Balaban J connectivity index is 5.10. The first kappa shape index (κ1) is 13.8. The zero-order valence-corrected chi connectivity index (χ0v) is 7.55. The van der Waals surface area contributed by atoms with E-state index in [1.165, 1.54) is 0 Å². The molecule has 9 nitrogen and oxygen atoms in total. The van der Waals surface area contributed by atoms with E-state index in [-0.39, 0.29) is 0 Å². The molecule has 0 heterocycles. The van der Waals surface area contributed by atoms with Gasteiger partial charge >= 0.3 is 0 Å². The summed E-state index contributed by atoms with van der Waals surface area (Å²) in [4.78, 5) is 13.1. The first-order chi connectivity index (χ1) is 6.93. The van der Waals surface area contributed by atoms with E-state index in [1.807, 2.05) is 0 Å². The zero-order valence-electron chi connectivity index (χ0n) is 7.55. The van der Waals surface area contributed by atoms with E-state index in [0.29, 0.717) is 0 Å². The highest BCUT2D eigenvalue weighted by atomic mass is 16.4. The third-order valence-electron chi connectivity index (χ3n) is 1.72. The van der Waals surface area contributed by atoms with Crippen molar-refractivity contribution in [3.05, 3.63) is 10.4 Å². The zero-order chi connectivity index (χ0) is 12.1. The molecule has 0 spiro atoms. The van der Waals surface area contributed by atoms with Gasteiger partial charge in [-0.3, -0.25) is 4.79 Å². The normalized spacial score (nSPS) is 18.5. The van der Waals surface area contributed by atoms with Crippen LogP contribution in [0.5, 0.6) is 0 Å². The van der Waals surface area contributed by atoms with Gasteiger partial charge in [-0.2, -0.15) is 0 Å². The summed E-state index contributed by atoms with van der Waals surface area (Å²) in [6.07, 6.45) is -4.10. The van der Waals surface area contributed by atoms with Crippen LogP contribution in [0.25, 0.3) is 10.4 Å². The predicted octanol–water partition coefficient (Wildman–Crippen LogP) is -2.74. The van der Waals surface area contributed by atoms with Gasteiger partial charge in [-0.15, -0.1) is 0 Å². The van der Waals surface area contributed by atoms with Crippen molar-refractivity contribution in [2.45, 2.75) is 17.9 Å². The average molecular weight is 221 g/mol. The number of azide groups is 1. The molecule has 0 fully saturated rings. The van der Waals surface area contributed by atoms with Crippen LogP contribution in [0.1, 0.15) is 0 Å². The monoisotopic (exact) mass is 221 g/mol. The van der Waals surface area contributed by atoms with Crippen LogP contribution in [-0.2, 0) is 4.79 Å². The Bertz CT molecular complexity index is 278. The van der Waals surface area contributed by atoms with Gasteiger partial charge in [0.1, 0.15) is 18.8 Å². The van der Waals surface area contributed by atoms with Crippen LogP contribution >= 0.6 is 0 Å². The Hall–Kier alpha value is -1.22. The Labute approximate surface area is 83.8 Å². The third-order valence-corrected chi connectivity index (χ3v) is 1.72. The molecule has 0 aromatic carbocycles. The minimum absolute atomic E-state index is 0.955. The van der Waals surface area contributed by atoms with Gasteiger partial charge in [-0.25, -0.2) is 0 Å². The highest BCUT2D eigenvalue weighted by molar-refractivity contribution is 5.88. The number of ketones is 1. The van der Waals surface area contributed by atoms with Crippen molar-refractivity contribution in [1.82, 2.24) is 0 Å². The minimum Gasteiger partial charge on any atom is -0.394 e. The largest absolute Gasteiger partial charge is 0.394 e. The number of aliphatic hydroxyl groups excluding tert-OH is 4. The minimum atomic E-state index is -2.99. The number of nitrogens with zero attached hydrogens (tertiary/aromatic N) is 3. The summed E-state index contributed by atoms with van der Waals surface area (Å²) in [6.45, 7) is -2.14. The third kappa shape index (κ3) is 2.86. The Morgan fingerprint density at radius 1 is 1.47 bits per heavy atom. The molecule has 0 aliphatic heterocycles. The van der Waals surface area contributed by atoms with E-state index in [9.17, 15) is 15.0 Å². The molecule has 0 bridgehead atoms. The fourth-order valence-electron chi connectivity index (χ4n) is 0.833. The smallest absolute Gasteiger partial charge is 0.233 e. The van der Waals surface area contributed by atoms with Gasteiger partial charge in [0.25, 0.3) is 0 Å². The van der Waals surface area contributed by atoms with Crippen LogP contribution in [0.15, 0.2) is 5.11 Å². The van der Waals surface area contributed by atoms with Crippen LogP contribution < -0.4 is 0 Å². The molecule has 0 aliphatic rings. The Morgan fingerprint density at radius 3 is 2.33 bits per heavy atom. The van der Waals surface area contributed by atoms with E-state index < -0.39 is 36.9 Å². The van der Waals surface area contributed by atoms with Gasteiger partial charge < -0.3 is 25.5 Å². The lowest BCUT2D eigenvalue weighted by Gasteiger charge is -2.28. The average Bonchev–Trinajstić information content (AvgIpc) is 2.25. The number of carbonyl (C=O) groups excluding carboxylic acids is 1. The highest BCUT2D eigenvalue weighted by Crippen LogP contribution is 2.17. The van der Waals surface area contributed by atoms with Crippen molar-refractivity contribution in [2.24, 2.45) is 5.11 Å². The molecule has 0 unspecified atom stereocenters. The Morgan fingerprint density at radius 2 is 2.00 bits per heavy atom. The number of hydrogen-bond acceptors (Lipinski definition) is 7. The molecule has 0 aromatic rings. The van der Waals surface area contributed by atoms with Crippen molar-refractivity contribution in [3.8, 4) is 0 Å². The Kier molecular flexibility index (Phi) is 5.15. The van der Waals surface area contributed by atoms with Crippen LogP contribution in [0, 0.1) is 0 Å². The number of hydrogen-bond donors (Lipinski definition) is 5. The summed E-state index contributed by atoms with van der Waals surface area (Å²) < 4.78 is 0. The lowest BCUT2D eigenvalue weighted by molar-refractivity contribution is -0.166. The van der Waals surface area contributed by atoms with Gasteiger partial charge in [0.2, 0.25) is 5.72 Å². The fraction of sp³-hybridized carbons (Fsp3) is 0.833. The second-order valence-corrected chi connectivity index (χ2v) is 2.69. The topological polar surface area (TPSA) is 167 Å². The van der Waals surface area contributed by atoms with E-state index in [1.54, 1.807) is 0 Å². The molecule has 15 heavy (non-hydrogen) atoms. The van der Waals surface area contributed by atoms with E-state index in [2.05, 4.69) is 10.0 Å². The molecule has 0 saturated carbocycles. The second kappa shape index (κ2) is 5.61. The number of carbonyl (C=O) groups is 1. The molecule has 0 amide bonds. The molecule has 3 atom stereocenters. The molecule has 0 aromatic heterocycles. The van der Waals surface area contributed by atoms with Crippen LogP contribution in [0.2, 0.25) is 0 Å². The molecule has 9 heteroatoms. The molecule has 5 N–H and O–H groups in total. The number of rotatable bonds is 6. The van der Waals surface area contributed by atoms with E-state index in [0.717, 1.165) is 0 Å². The van der Waals surface area contributed by atoms with Crippen molar-refractivity contribution >= 4 is 5.78 Å². The maximum absolute atomic E-state index is 11.0. The molecule has 0 rings (SSSR count). The van der Waals surface area contributed by atoms with Gasteiger partial charge in [0.05, 0.1) is 6.61 Å². The summed E-state index contributed by atoms with van der Waals surface area (Å²) in [6, 6.07) is 0. The summed E-state index contributed by atoms with van der Waals surface area (Å²) in [5.74, 6) is -1.39. The van der Waals surface area contributed by atoms with Crippen LogP contribution in [0.4, 0.5) is 0 Å². The van der Waals surface area contributed by atoms with Crippen LogP contribution in [0.3, 0.4) is 0 Å². The summed E-state index contributed by atoms with van der Waals surface area (Å²) >= 11 is 0. The van der Waals surface area contributed by atoms with E-state index >= 15 is 0 Å². The molecule has 86 valence electrons. The number of Topliss-reactive ketones (excluding diaryl/α,β-unsaturated/α-hetero) is 1. The van der Waals surface area contributed by atoms with Gasteiger partial charge in [0.15, 0.2) is 5.78 Å². The van der Waals surface area contributed by atoms with Crippen LogP contribution in [-0.4, -0.2) is 62.5 Å². The molecular formula is C6H11N3O6. The van der Waals surface area contributed by atoms with Crippen molar-refractivity contribution in [3.63, 3.8) is 0 Å². The first-order valence-corrected chi connectivity index (χ1v) is 3.83. The molecule has 0 radical (unpaired) electrons. The highest BCUT2D eigenvalue weighted by Gasteiger charge is 2.45. The predicted molar refractivity (Wildman–Crippen MR) is 45.3 cm³/mol. The summed E-state index contributed by atoms with van der Waals surface area (Å²) in [5.41, 5.74) is 5.06. The lowest BCUT2D eigenvalue weighted by Crippen LogP contribution is -2.55. The molecule has 0 aliphatic carbocycles. The standard InChI is InChI=1S/C6H11N3O6/c7-9-8-6(15,4(13)2-11)5(14)3(12)1-10/h3,5,10-12,14-15H,1-2H2/t3-,5+,6-/m1/s1. The number of aliphatic hydroxyl groups is 5. The molecule has 0 saturated heterocycles. The summed E-state index contributed by atoms with van der Waals surface area (Å²) in [7, 11) is 0. The van der Waals surface area contributed by atoms with Gasteiger partial charge in [-0.1, -0.05) is 0 Å². The maximum Gasteiger partial charge on any atom is 0.233 e. The maximum atomic E-state index is 11.0. The summed E-state index contributed by atoms with van der Waals surface area (Å²) in [5, 5.41) is 47.1. The molecular weight excluding hydrogens is 210 g/mol. The van der Waals surface area contributed by atoms with Gasteiger partial charge in [0, 0.05) is 4.91 Å². The fourth-order valence-corrected chi connectivity index (χ4v) is 0.833. The lowest BCUT2D eigenvalue weighted by atomic mass is 9.98. The second-order valence-electron chi connectivity index (χ2n) is 2.69. The van der Waals surface area contributed by atoms with Crippen molar-refractivity contribution in [2.75, 3.05) is 13.2 Å². The van der Waals surface area contributed by atoms with Gasteiger partial charge in [-0.05, 0) is 10.6 Å². The first-order valence-electron chi connectivity index (χ1n) is 3.83. The van der Waals surface area contributed by atoms with Crippen molar-refractivity contribution in [1.29, 1.82) is 0 Å². The SMILES string of the molecule is [N-]=[N+]=N[C@@](O)(C(=O)CO)[C@@H](O)[C@H](O)CO. The van der Waals surface area contributed by atoms with Crippen molar-refractivity contribution < 1.29 is 30.3 Å². The quantitative estimate of drug-likeness (QED) is 0.185. The van der Waals surface area contributed by atoms with E-state index in [4.69, 9.17) is 20.9 Å².